The zero-order valence-electron chi connectivity index (χ0n) is 8.53. The Hall–Kier alpha value is -1.83. The van der Waals surface area contributed by atoms with E-state index in [0.29, 0.717) is 4.67 Å². The van der Waals surface area contributed by atoms with Gasteiger partial charge in [0.2, 0.25) is 5.91 Å². The Kier molecular flexibility index (Phi) is 4.70. The Bertz CT molecular complexity index is 442. The van der Waals surface area contributed by atoms with Crippen molar-refractivity contribution >= 4 is 33.7 Å². The van der Waals surface area contributed by atoms with Crippen LogP contribution < -0.4 is 10.6 Å². The molecule has 0 saturated heterocycles. The van der Waals surface area contributed by atoms with Crippen LogP contribution in [0.3, 0.4) is 0 Å². The van der Waals surface area contributed by atoms with Crippen LogP contribution in [-0.4, -0.2) is 36.0 Å². The van der Waals surface area contributed by atoms with Gasteiger partial charge in [0, 0.05) is 0 Å². The van der Waals surface area contributed by atoms with Crippen LogP contribution in [0.4, 0.5) is 0 Å². The second kappa shape index (κ2) is 6.04. The van der Waals surface area contributed by atoms with Gasteiger partial charge in [0.15, 0.2) is 10.4 Å². The van der Waals surface area contributed by atoms with Gasteiger partial charge in [-0.15, -0.1) is 0 Å². The summed E-state index contributed by atoms with van der Waals surface area (Å²) in [7, 11) is 0. The minimum absolute atomic E-state index is 0.0582. The fourth-order valence-electron chi connectivity index (χ4n) is 0.921. The van der Waals surface area contributed by atoms with Gasteiger partial charge < -0.3 is 20.2 Å². The smallest absolute Gasteiger partial charge is 0.322 e. The van der Waals surface area contributed by atoms with Crippen LogP contribution in [0.1, 0.15) is 10.6 Å². The largest absolute Gasteiger partial charge is 0.480 e. The normalized spacial score (nSPS) is 9.71. The number of nitrogens with one attached hydrogen (secondary N) is 2. The van der Waals surface area contributed by atoms with Crippen LogP contribution in [0.2, 0.25) is 0 Å². The van der Waals surface area contributed by atoms with Crippen molar-refractivity contribution in [2.24, 2.45) is 0 Å². The quantitative estimate of drug-likeness (QED) is 0.708. The summed E-state index contributed by atoms with van der Waals surface area (Å²) in [4.78, 5) is 32.6. The highest BCUT2D eigenvalue weighted by Gasteiger charge is 2.11. The molecule has 0 aliphatic rings. The van der Waals surface area contributed by atoms with E-state index in [9.17, 15) is 14.4 Å². The number of aliphatic carboxylic acids is 1. The molecule has 0 fully saturated rings. The number of hydrogen-bond donors (Lipinski definition) is 3. The number of rotatable bonds is 5. The molecule has 0 radical (unpaired) electrons. The van der Waals surface area contributed by atoms with Gasteiger partial charge in [0.1, 0.15) is 6.54 Å². The first-order valence-corrected chi connectivity index (χ1v) is 5.30. The van der Waals surface area contributed by atoms with Gasteiger partial charge in [0.25, 0.3) is 5.91 Å². The maximum atomic E-state index is 11.4. The van der Waals surface area contributed by atoms with Crippen LogP contribution in [0, 0.1) is 0 Å². The number of carbonyl (C=O) groups excluding carboxylic acids is 2. The molecule has 2 amide bonds. The van der Waals surface area contributed by atoms with E-state index in [1.165, 1.54) is 6.07 Å². The van der Waals surface area contributed by atoms with E-state index in [1.54, 1.807) is 6.07 Å². The Morgan fingerprint density at radius 2 is 1.94 bits per heavy atom. The molecule has 0 bridgehead atoms. The second-order valence-corrected chi connectivity index (χ2v) is 3.74. The summed E-state index contributed by atoms with van der Waals surface area (Å²) < 4.78 is 5.36. The lowest BCUT2D eigenvalue weighted by Crippen LogP contribution is -2.38. The fraction of sp³-hybridized carbons (Fsp3) is 0.222. The SMILES string of the molecule is O=C(O)CNC(=O)CNC(=O)c1ccc(Br)o1. The highest BCUT2D eigenvalue weighted by Crippen LogP contribution is 2.13. The van der Waals surface area contributed by atoms with E-state index in [0.717, 1.165) is 0 Å². The van der Waals surface area contributed by atoms with E-state index in [2.05, 4.69) is 26.6 Å². The molecular formula is C9H9BrN2O5. The zero-order valence-corrected chi connectivity index (χ0v) is 10.1. The second-order valence-electron chi connectivity index (χ2n) is 2.96. The van der Waals surface area contributed by atoms with Crippen LogP contribution in [-0.2, 0) is 9.59 Å². The summed E-state index contributed by atoms with van der Waals surface area (Å²) in [5.41, 5.74) is 0. The first-order valence-electron chi connectivity index (χ1n) is 4.51. The molecule has 1 aromatic heterocycles. The minimum Gasteiger partial charge on any atom is -0.480 e. The van der Waals surface area contributed by atoms with Crippen molar-refractivity contribution in [3.63, 3.8) is 0 Å². The Balaban J connectivity index is 2.33. The molecule has 1 aromatic rings. The molecule has 0 aromatic carbocycles. The third kappa shape index (κ3) is 4.68. The molecule has 8 heteroatoms. The number of carboxylic acid groups (broad SMARTS) is 1. The van der Waals surface area contributed by atoms with Gasteiger partial charge in [-0.3, -0.25) is 14.4 Å². The molecule has 0 spiro atoms. The molecule has 1 rings (SSSR count). The van der Waals surface area contributed by atoms with Crippen molar-refractivity contribution < 1.29 is 23.9 Å². The molecule has 0 atom stereocenters. The van der Waals surface area contributed by atoms with E-state index < -0.39 is 24.3 Å². The lowest BCUT2D eigenvalue weighted by atomic mass is 10.4. The van der Waals surface area contributed by atoms with Crippen molar-refractivity contribution in [2.45, 2.75) is 0 Å². The Labute approximate surface area is 104 Å². The maximum Gasteiger partial charge on any atom is 0.322 e. The number of carbonyl (C=O) groups is 3. The average molecular weight is 305 g/mol. The topological polar surface area (TPSA) is 109 Å². The van der Waals surface area contributed by atoms with Crippen LogP contribution >= 0.6 is 15.9 Å². The summed E-state index contributed by atoms with van der Waals surface area (Å²) in [5, 5.41) is 12.7. The van der Waals surface area contributed by atoms with Crippen molar-refractivity contribution in [3.05, 3.63) is 22.6 Å². The third-order valence-corrected chi connectivity index (χ3v) is 2.07. The lowest BCUT2D eigenvalue weighted by Gasteiger charge is -2.03. The van der Waals surface area contributed by atoms with Crippen molar-refractivity contribution in [2.75, 3.05) is 13.1 Å². The predicted octanol–water partition coefficient (Wildman–Crippen LogP) is -0.0273. The van der Waals surface area contributed by atoms with E-state index in [4.69, 9.17) is 9.52 Å². The predicted molar refractivity (Wildman–Crippen MR) is 59.4 cm³/mol. The van der Waals surface area contributed by atoms with Gasteiger partial charge in [-0.1, -0.05) is 0 Å². The van der Waals surface area contributed by atoms with Gasteiger partial charge >= 0.3 is 5.97 Å². The molecule has 92 valence electrons. The van der Waals surface area contributed by atoms with Crippen LogP contribution in [0.25, 0.3) is 0 Å². The monoisotopic (exact) mass is 304 g/mol. The van der Waals surface area contributed by atoms with E-state index >= 15 is 0 Å². The number of halogens is 1. The number of amides is 2. The van der Waals surface area contributed by atoms with Gasteiger partial charge in [-0.05, 0) is 28.1 Å². The molecule has 3 N–H and O–H groups in total. The molecule has 0 aliphatic carbocycles. The summed E-state index contributed by atoms with van der Waals surface area (Å²) in [6, 6.07) is 2.98. The summed E-state index contributed by atoms with van der Waals surface area (Å²) >= 11 is 3.03. The standard InChI is InChI=1S/C9H9BrN2O5/c10-6-2-1-5(17-6)9(16)12-3-7(13)11-4-8(14)15/h1-2H,3-4H2,(H,11,13)(H,12,16)(H,14,15). The average Bonchev–Trinajstić information content (AvgIpc) is 2.70. The zero-order chi connectivity index (χ0) is 12.8. The molecule has 7 nitrogen and oxygen atoms in total. The molecule has 0 unspecified atom stereocenters. The molecule has 17 heavy (non-hydrogen) atoms. The minimum atomic E-state index is -1.15. The molecule has 0 saturated carbocycles. The van der Waals surface area contributed by atoms with E-state index in [-0.39, 0.29) is 12.3 Å². The van der Waals surface area contributed by atoms with Gasteiger partial charge in [-0.25, -0.2) is 0 Å². The summed E-state index contributed by atoms with van der Waals surface area (Å²) in [5.74, 6) is -2.24. The third-order valence-electron chi connectivity index (χ3n) is 1.64. The first-order chi connectivity index (χ1) is 7.99. The van der Waals surface area contributed by atoms with Crippen molar-refractivity contribution in [3.8, 4) is 0 Å². The fourth-order valence-corrected chi connectivity index (χ4v) is 1.23. The number of furan rings is 1. The van der Waals surface area contributed by atoms with E-state index in [1.807, 2.05) is 0 Å². The maximum absolute atomic E-state index is 11.4. The Morgan fingerprint density at radius 1 is 1.24 bits per heavy atom. The van der Waals surface area contributed by atoms with Crippen molar-refractivity contribution in [1.82, 2.24) is 10.6 Å². The Morgan fingerprint density at radius 3 is 2.47 bits per heavy atom. The molecule has 0 aliphatic heterocycles. The summed E-state index contributed by atoms with van der Waals surface area (Å²) in [6.45, 7) is -0.800. The van der Waals surface area contributed by atoms with Crippen LogP contribution in [0.5, 0.6) is 0 Å². The van der Waals surface area contributed by atoms with Gasteiger partial charge in [-0.2, -0.15) is 0 Å². The first kappa shape index (κ1) is 13.2. The number of hydrogen-bond acceptors (Lipinski definition) is 4. The highest BCUT2D eigenvalue weighted by molar-refractivity contribution is 9.10. The molecular weight excluding hydrogens is 296 g/mol. The lowest BCUT2D eigenvalue weighted by molar-refractivity contribution is -0.137. The van der Waals surface area contributed by atoms with Crippen LogP contribution in [0.15, 0.2) is 21.2 Å². The van der Waals surface area contributed by atoms with Crippen molar-refractivity contribution in [1.29, 1.82) is 0 Å². The highest BCUT2D eigenvalue weighted by atomic mass is 79.9. The van der Waals surface area contributed by atoms with Gasteiger partial charge in [0.05, 0.1) is 6.54 Å². The summed E-state index contributed by atoms with van der Waals surface area (Å²) in [6.07, 6.45) is 0. The molecule has 1 heterocycles. The number of carboxylic acids is 1.